The number of carbonyl (C=O) groups is 2. The van der Waals surface area contributed by atoms with Crippen LogP contribution in [0.25, 0.3) is 10.2 Å². The van der Waals surface area contributed by atoms with E-state index in [9.17, 15) is 14.0 Å². The number of carbonyl (C=O) groups excluding carboxylic acids is 2. The quantitative estimate of drug-likeness (QED) is 0.206. The minimum Gasteiger partial charge on any atom is -0.456 e. The molecule has 2 aromatic carbocycles. The number of benzene rings is 2. The SMILES string of the molecule is CC(C)(C)OC(=O)c1ccc(Nc2cc(Nc3ccc4ncsc4c3)ncc2C(N)=O)cc1.CC1(O)CC[C@H]1F. The van der Waals surface area contributed by atoms with Gasteiger partial charge in [0.15, 0.2) is 0 Å². The Morgan fingerprint density at radius 1 is 1.10 bits per heavy atom. The highest BCUT2D eigenvalue weighted by Gasteiger charge is 2.41. The molecule has 1 saturated carbocycles. The lowest BCUT2D eigenvalue weighted by atomic mass is 9.80. The van der Waals surface area contributed by atoms with Crippen LogP contribution < -0.4 is 16.4 Å². The van der Waals surface area contributed by atoms with Crippen LogP contribution in [0, 0.1) is 0 Å². The normalized spacial score (nSPS) is 18.2. The van der Waals surface area contributed by atoms with Crippen molar-refractivity contribution in [1.29, 1.82) is 0 Å². The largest absolute Gasteiger partial charge is 0.456 e. The number of fused-ring (bicyclic) bond motifs is 1. The maximum Gasteiger partial charge on any atom is 0.338 e. The topological polar surface area (TPSA) is 139 Å². The maximum absolute atomic E-state index is 12.2. The molecule has 2 atom stereocenters. The number of thiazole rings is 1. The third kappa shape index (κ3) is 7.30. The van der Waals surface area contributed by atoms with E-state index in [-0.39, 0.29) is 5.56 Å². The van der Waals surface area contributed by atoms with Gasteiger partial charge in [-0.25, -0.2) is 19.2 Å². The second kappa shape index (κ2) is 11.6. The van der Waals surface area contributed by atoms with Crippen molar-refractivity contribution in [2.45, 2.75) is 57.9 Å². The number of hydrogen-bond acceptors (Lipinski definition) is 9. The number of hydrogen-bond donors (Lipinski definition) is 4. The van der Waals surface area contributed by atoms with Crippen molar-refractivity contribution in [3.05, 3.63) is 71.4 Å². The predicted molar refractivity (Wildman–Crippen MR) is 155 cm³/mol. The van der Waals surface area contributed by atoms with Crippen molar-refractivity contribution in [1.82, 2.24) is 9.97 Å². The Balaban J connectivity index is 0.000000461. The van der Waals surface area contributed by atoms with Crippen LogP contribution in [-0.2, 0) is 4.74 Å². The standard InChI is InChI=1S/C24H23N5O3S.C5H9FO/c1-24(2,3)32-23(31)14-4-6-15(7-5-14)28-19-11-21(26-12-17(19)22(25)30)29-16-8-9-18-20(10-16)33-13-27-18;1-5(7)3-2-4(5)6/h4-13H,1-3H3,(H2,25,30)(H2,26,28,29);4,7H,2-3H2,1H3/t;4-,5?/m.1/s1. The monoisotopic (exact) mass is 565 g/mol. The molecular formula is C29H32FN5O4S. The number of alkyl halides is 1. The molecule has 2 heterocycles. The number of aliphatic hydroxyl groups is 1. The first-order valence-corrected chi connectivity index (χ1v) is 13.6. The Bertz CT molecular complexity index is 1520. The van der Waals surface area contributed by atoms with Gasteiger partial charge in [-0.15, -0.1) is 11.3 Å². The van der Waals surface area contributed by atoms with Gasteiger partial charge >= 0.3 is 5.97 Å². The molecule has 9 nitrogen and oxygen atoms in total. The number of pyridine rings is 1. The highest BCUT2D eigenvalue weighted by Crippen LogP contribution is 2.34. The van der Waals surface area contributed by atoms with Crippen LogP contribution in [0.1, 0.15) is 61.3 Å². The van der Waals surface area contributed by atoms with Gasteiger partial charge in [0.05, 0.1) is 38.1 Å². The first-order valence-electron chi connectivity index (χ1n) is 12.7. The molecule has 0 aliphatic heterocycles. The van der Waals surface area contributed by atoms with Crippen LogP contribution in [-0.4, -0.2) is 44.3 Å². The Morgan fingerprint density at radius 3 is 2.35 bits per heavy atom. The van der Waals surface area contributed by atoms with E-state index in [0.717, 1.165) is 15.9 Å². The van der Waals surface area contributed by atoms with E-state index >= 15 is 0 Å². The molecule has 1 aliphatic carbocycles. The molecule has 0 radical (unpaired) electrons. The number of esters is 1. The van der Waals surface area contributed by atoms with Gasteiger partial charge < -0.3 is 26.2 Å². The van der Waals surface area contributed by atoms with E-state index < -0.39 is 29.3 Å². The first kappa shape index (κ1) is 28.9. The highest BCUT2D eigenvalue weighted by molar-refractivity contribution is 7.16. The Morgan fingerprint density at radius 2 is 1.77 bits per heavy atom. The third-order valence-electron chi connectivity index (χ3n) is 6.15. The summed E-state index contributed by atoms with van der Waals surface area (Å²) in [4.78, 5) is 32.8. The first-order chi connectivity index (χ1) is 18.8. The van der Waals surface area contributed by atoms with Gasteiger partial charge in [0, 0.05) is 23.6 Å². The number of anilines is 4. The van der Waals surface area contributed by atoms with Crippen LogP contribution in [0.3, 0.4) is 0 Å². The second-order valence-corrected chi connectivity index (χ2v) is 11.6. The van der Waals surface area contributed by atoms with Gasteiger partial charge in [-0.3, -0.25) is 4.79 Å². The van der Waals surface area contributed by atoms with E-state index in [1.165, 1.54) is 13.1 Å². The average Bonchev–Trinajstić information content (AvgIpc) is 3.36. The fourth-order valence-corrected chi connectivity index (χ4v) is 4.47. The summed E-state index contributed by atoms with van der Waals surface area (Å²) >= 11 is 1.55. The molecule has 210 valence electrons. The van der Waals surface area contributed by atoms with Crippen LogP contribution >= 0.6 is 11.3 Å². The average molecular weight is 566 g/mol. The fourth-order valence-electron chi connectivity index (χ4n) is 3.76. The Kier molecular flexibility index (Phi) is 8.36. The summed E-state index contributed by atoms with van der Waals surface area (Å²) in [6.45, 7) is 6.98. The summed E-state index contributed by atoms with van der Waals surface area (Å²) < 4.78 is 18.5. The zero-order chi connectivity index (χ0) is 29.1. The number of rotatable bonds is 6. The molecule has 1 fully saturated rings. The van der Waals surface area contributed by atoms with E-state index in [1.807, 2.05) is 39.0 Å². The number of aromatic nitrogens is 2. The van der Waals surface area contributed by atoms with Gasteiger partial charge in [0.2, 0.25) is 0 Å². The summed E-state index contributed by atoms with van der Waals surface area (Å²) in [5.41, 5.74) is 9.39. The van der Waals surface area contributed by atoms with Gasteiger partial charge in [-0.05, 0) is 83.0 Å². The van der Waals surface area contributed by atoms with Gasteiger partial charge in [-0.1, -0.05) is 0 Å². The fraction of sp³-hybridized carbons (Fsp3) is 0.310. The van der Waals surface area contributed by atoms with E-state index in [0.29, 0.717) is 35.6 Å². The van der Waals surface area contributed by atoms with Crippen molar-refractivity contribution in [2.24, 2.45) is 5.73 Å². The van der Waals surface area contributed by atoms with Crippen molar-refractivity contribution in [3.63, 3.8) is 0 Å². The molecule has 5 rings (SSSR count). The number of halogens is 1. The molecular weight excluding hydrogens is 533 g/mol. The molecule has 4 aromatic rings. The molecule has 1 unspecified atom stereocenters. The van der Waals surface area contributed by atoms with Gasteiger partial charge in [0.25, 0.3) is 5.91 Å². The van der Waals surface area contributed by atoms with Gasteiger partial charge in [0.1, 0.15) is 17.6 Å². The molecule has 2 aromatic heterocycles. The number of amides is 1. The van der Waals surface area contributed by atoms with Crippen LogP contribution in [0.5, 0.6) is 0 Å². The van der Waals surface area contributed by atoms with Crippen molar-refractivity contribution in [2.75, 3.05) is 10.6 Å². The van der Waals surface area contributed by atoms with E-state index in [2.05, 4.69) is 20.6 Å². The van der Waals surface area contributed by atoms with Crippen LogP contribution in [0.2, 0.25) is 0 Å². The summed E-state index contributed by atoms with van der Waals surface area (Å²) in [6.07, 6.45) is 1.61. The minimum atomic E-state index is -0.986. The minimum absolute atomic E-state index is 0.245. The zero-order valence-electron chi connectivity index (χ0n) is 22.7. The molecule has 1 amide bonds. The summed E-state index contributed by atoms with van der Waals surface area (Å²) in [7, 11) is 0. The van der Waals surface area contributed by atoms with Crippen LogP contribution in [0.15, 0.2) is 60.2 Å². The van der Waals surface area contributed by atoms with Crippen LogP contribution in [0.4, 0.5) is 27.3 Å². The number of nitrogens with zero attached hydrogens (tertiary/aromatic N) is 2. The summed E-state index contributed by atoms with van der Waals surface area (Å²) in [6, 6.07) is 14.3. The van der Waals surface area contributed by atoms with Crippen molar-refractivity contribution >= 4 is 56.3 Å². The predicted octanol–water partition coefficient (Wildman–Crippen LogP) is 6.10. The maximum atomic E-state index is 12.2. The Hall–Kier alpha value is -4.09. The number of ether oxygens (including phenoxy) is 1. The molecule has 0 saturated heterocycles. The number of nitrogens with one attached hydrogen (secondary N) is 2. The molecule has 0 spiro atoms. The lowest BCUT2D eigenvalue weighted by Crippen LogP contribution is -2.45. The second-order valence-electron chi connectivity index (χ2n) is 10.7. The molecule has 0 bridgehead atoms. The zero-order valence-corrected chi connectivity index (χ0v) is 23.5. The Labute approximate surface area is 235 Å². The third-order valence-corrected chi connectivity index (χ3v) is 6.94. The van der Waals surface area contributed by atoms with Gasteiger partial charge in [-0.2, -0.15) is 0 Å². The molecule has 11 heteroatoms. The van der Waals surface area contributed by atoms with Crippen molar-refractivity contribution < 1.29 is 23.8 Å². The number of primary amides is 1. The molecule has 40 heavy (non-hydrogen) atoms. The molecule has 5 N–H and O–H groups in total. The molecule has 1 aliphatic rings. The lowest BCUT2D eigenvalue weighted by Gasteiger charge is -2.36. The lowest BCUT2D eigenvalue weighted by molar-refractivity contribution is -0.0919. The summed E-state index contributed by atoms with van der Waals surface area (Å²) in [5, 5.41) is 15.2. The van der Waals surface area contributed by atoms with E-state index in [4.69, 9.17) is 15.6 Å². The number of nitrogens with two attached hydrogens (primary N) is 1. The summed E-state index contributed by atoms with van der Waals surface area (Å²) in [5.74, 6) is -0.468. The smallest absolute Gasteiger partial charge is 0.338 e. The van der Waals surface area contributed by atoms with Crippen molar-refractivity contribution in [3.8, 4) is 0 Å². The highest BCUT2D eigenvalue weighted by atomic mass is 32.1. The van der Waals surface area contributed by atoms with E-state index in [1.54, 1.807) is 47.2 Å².